The maximum atomic E-state index is 12.5. The van der Waals surface area contributed by atoms with Gasteiger partial charge in [-0.25, -0.2) is 5.43 Å². The lowest BCUT2D eigenvalue weighted by atomic mass is 10.0. The molecule has 4 nitrogen and oxygen atoms in total. The third kappa shape index (κ3) is 5.99. The summed E-state index contributed by atoms with van der Waals surface area (Å²) in [6.07, 6.45) is 1.96. The molecule has 0 saturated carbocycles. The quantitative estimate of drug-likeness (QED) is 0.167. The molecule has 0 unspecified atom stereocenters. The standard InChI is InChI=1S/C28H25IN2O2/c1-19-7-10-23(20(2)15-19)16-28(32)31-30-17-26-25-6-4-3-5-22(25)11-14-27(26)33-18-21-8-12-24(29)13-9-21/h3-15,17H,16,18H2,1-2H3,(H,31,32)/b30-17-. The van der Waals surface area contributed by atoms with Crippen LogP contribution in [0.25, 0.3) is 10.8 Å². The van der Waals surface area contributed by atoms with Crippen LogP contribution >= 0.6 is 22.6 Å². The number of benzene rings is 4. The van der Waals surface area contributed by atoms with Gasteiger partial charge in [-0.15, -0.1) is 0 Å². The third-order valence-electron chi connectivity index (χ3n) is 5.47. The van der Waals surface area contributed by atoms with E-state index in [2.05, 4.69) is 63.4 Å². The van der Waals surface area contributed by atoms with Gasteiger partial charge >= 0.3 is 0 Å². The number of nitrogens with zero attached hydrogens (tertiary/aromatic N) is 1. The minimum Gasteiger partial charge on any atom is -0.488 e. The Morgan fingerprint density at radius 1 is 1.00 bits per heavy atom. The van der Waals surface area contributed by atoms with Gasteiger partial charge < -0.3 is 4.74 Å². The second-order valence-corrected chi connectivity index (χ2v) is 9.26. The number of hydrogen-bond donors (Lipinski definition) is 1. The van der Waals surface area contributed by atoms with Crippen molar-refractivity contribution < 1.29 is 9.53 Å². The van der Waals surface area contributed by atoms with Crippen molar-refractivity contribution in [2.75, 3.05) is 0 Å². The summed E-state index contributed by atoms with van der Waals surface area (Å²) >= 11 is 2.29. The fraction of sp³-hybridized carbons (Fsp3) is 0.143. The summed E-state index contributed by atoms with van der Waals surface area (Å²) < 4.78 is 7.33. The number of carbonyl (C=O) groups is 1. The van der Waals surface area contributed by atoms with Gasteiger partial charge in [0.1, 0.15) is 12.4 Å². The van der Waals surface area contributed by atoms with E-state index in [1.54, 1.807) is 6.21 Å². The number of nitrogens with one attached hydrogen (secondary N) is 1. The van der Waals surface area contributed by atoms with E-state index >= 15 is 0 Å². The van der Waals surface area contributed by atoms with Gasteiger partial charge in [0.25, 0.3) is 0 Å². The molecular weight excluding hydrogens is 523 g/mol. The number of ether oxygens (including phenoxy) is 1. The van der Waals surface area contributed by atoms with Crippen LogP contribution in [0, 0.1) is 17.4 Å². The van der Waals surface area contributed by atoms with E-state index in [0.29, 0.717) is 6.61 Å². The number of hydrogen-bond acceptors (Lipinski definition) is 3. The van der Waals surface area contributed by atoms with Crippen molar-refractivity contribution >= 4 is 45.5 Å². The van der Waals surface area contributed by atoms with Crippen molar-refractivity contribution in [2.45, 2.75) is 26.9 Å². The lowest BCUT2D eigenvalue weighted by molar-refractivity contribution is -0.120. The molecule has 0 aliphatic carbocycles. The second kappa shape index (κ2) is 10.6. The van der Waals surface area contributed by atoms with E-state index in [1.165, 1.54) is 9.13 Å². The number of halogens is 1. The Hall–Kier alpha value is -3.19. The molecule has 4 aromatic rings. The Kier molecular flexibility index (Phi) is 7.40. The fourth-order valence-corrected chi connectivity index (χ4v) is 4.06. The van der Waals surface area contributed by atoms with Crippen LogP contribution < -0.4 is 10.2 Å². The fourth-order valence-electron chi connectivity index (χ4n) is 3.70. The largest absolute Gasteiger partial charge is 0.488 e. The first-order valence-electron chi connectivity index (χ1n) is 10.8. The molecule has 4 aromatic carbocycles. The van der Waals surface area contributed by atoms with Gasteiger partial charge in [-0.05, 0) is 82.1 Å². The summed E-state index contributed by atoms with van der Waals surface area (Å²) in [5.74, 6) is 0.569. The summed E-state index contributed by atoms with van der Waals surface area (Å²) in [6.45, 7) is 4.52. The molecule has 5 heteroatoms. The van der Waals surface area contributed by atoms with Gasteiger partial charge in [-0.2, -0.15) is 5.10 Å². The molecule has 0 aromatic heterocycles. The van der Waals surface area contributed by atoms with Crippen LogP contribution in [0.15, 0.2) is 84.0 Å². The molecule has 0 aliphatic heterocycles. The van der Waals surface area contributed by atoms with Crippen LogP contribution in [0.5, 0.6) is 5.75 Å². The van der Waals surface area contributed by atoms with Gasteiger partial charge in [0.15, 0.2) is 0 Å². The van der Waals surface area contributed by atoms with Crippen molar-refractivity contribution in [3.63, 3.8) is 0 Å². The first-order chi connectivity index (χ1) is 16.0. The number of carbonyl (C=O) groups excluding carboxylic acids is 1. The molecule has 1 amide bonds. The average Bonchev–Trinajstić information content (AvgIpc) is 2.81. The van der Waals surface area contributed by atoms with Crippen LogP contribution in [0.1, 0.15) is 27.8 Å². The molecule has 0 aliphatic rings. The summed E-state index contributed by atoms with van der Waals surface area (Å²) in [4.78, 5) is 12.5. The molecule has 0 fully saturated rings. The predicted octanol–water partition coefficient (Wildman–Crippen LogP) is 6.33. The van der Waals surface area contributed by atoms with E-state index in [0.717, 1.165) is 38.8 Å². The highest BCUT2D eigenvalue weighted by atomic mass is 127. The number of fused-ring (bicyclic) bond motifs is 1. The molecule has 1 N–H and O–H groups in total. The minimum atomic E-state index is -0.153. The molecule has 0 saturated heterocycles. The molecule has 0 spiro atoms. The van der Waals surface area contributed by atoms with E-state index in [-0.39, 0.29) is 12.3 Å². The van der Waals surface area contributed by atoms with Crippen LogP contribution in [-0.4, -0.2) is 12.1 Å². The van der Waals surface area contributed by atoms with Crippen molar-refractivity contribution in [2.24, 2.45) is 5.10 Å². The predicted molar refractivity (Wildman–Crippen MR) is 143 cm³/mol. The molecule has 0 bridgehead atoms. The first-order valence-corrected chi connectivity index (χ1v) is 11.8. The zero-order valence-electron chi connectivity index (χ0n) is 18.6. The number of amides is 1. The Balaban J connectivity index is 1.52. The van der Waals surface area contributed by atoms with Crippen LogP contribution in [-0.2, 0) is 17.8 Å². The lowest BCUT2D eigenvalue weighted by Gasteiger charge is -2.12. The summed E-state index contributed by atoms with van der Waals surface area (Å²) in [5.41, 5.74) is 7.89. The maximum Gasteiger partial charge on any atom is 0.244 e. The van der Waals surface area contributed by atoms with Gasteiger partial charge in [-0.1, -0.05) is 66.2 Å². The van der Waals surface area contributed by atoms with Crippen molar-refractivity contribution in [1.82, 2.24) is 5.43 Å². The molecule has 0 radical (unpaired) electrons. The minimum absolute atomic E-state index is 0.153. The van der Waals surface area contributed by atoms with Gasteiger partial charge in [0.2, 0.25) is 5.91 Å². The Morgan fingerprint density at radius 3 is 2.58 bits per heavy atom. The first kappa shape index (κ1) is 23.0. The normalized spacial score (nSPS) is 11.1. The highest BCUT2D eigenvalue weighted by molar-refractivity contribution is 14.1. The zero-order valence-corrected chi connectivity index (χ0v) is 20.8. The highest BCUT2D eigenvalue weighted by Gasteiger charge is 2.09. The van der Waals surface area contributed by atoms with Crippen molar-refractivity contribution in [3.05, 3.63) is 110 Å². The lowest BCUT2D eigenvalue weighted by Crippen LogP contribution is -2.20. The van der Waals surface area contributed by atoms with Gasteiger partial charge in [0, 0.05) is 9.13 Å². The molecule has 0 heterocycles. The summed E-state index contributed by atoms with van der Waals surface area (Å²) in [6, 6.07) is 26.4. The smallest absolute Gasteiger partial charge is 0.244 e. The third-order valence-corrected chi connectivity index (χ3v) is 6.19. The van der Waals surface area contributed by atoms with E-state index in [4.69, 9.17) is 4.74 Å². The van der Waals surface area contributed by atoms with Crippen molar-refractivity contribution in [3.8, 4) is 5.75 Å². The molecule has 33 heavy (non-hydrogen) atoms. The Morgan fingerprint density at radius 2 is 1.79 bits per heavy atom. The van der Waals surface area contributed by atoms with E-state index < -0.39 is 0 Å². The summed E-state index contributed by atoms with van der Waals surface area (Å²) in [7, 11) is 0. The molecule has 166 valence electrons. The molecule has 0 atom stereocenters. The number of rotatable bonds is 7. The topological polar surface area (TPSA) is 50.7 Å². The van der Waals surface area contributed by atoms with Crippen molar-refractivity contribution in [1.29, 1.82) is 0 Å². The number of aryl methyl sites for hydroxylation is 2. The van der Waals surface area contributed by atoms with Gasteiger partial charge in [-0.3, -0.25) is 4.79 Å². The van der Waals surface area contributed by atoms with Crippen LogP contribution in [0.3, 0.4) is 0 Å². The Labute approximate surface area is 207 Å². The van der Waals surface area contributed by atoms with E-state index in [9.17, 15) is 4.79 Å². The highest BCUT2D eigenvalue weighted by Crippen LogP contribution is 2.27. The monoisotopic (exact) mass is 548 g/mol. The zero-order chi connectivity index (χ0) is 23.2. The maximum absolute atomic E-state index is 12.5. The molecular formula is C28H25IN2O2. The second-order valence-electron chi connectivity index (χ2n) is 8.01. The van der Waals surface area contributed by atoms with E-state index in [1.807, 2.05) is 62.4 Å². The SMILES string of the molecule is Cc1ccc(CC(=O)N/N=C\c2c(OCc3ccc(I)cc3)ccc3ccccc23)c(C)c1. The summed E-state index contributed by atoms with van der Waals surface area (Å²) in [5, 5.41) is 6.36. The number of hydrazone groups is 1. The molecule has 4 rings (SSSR count). The van der Waals surface area contributed by atoms with Crippen LogP contribution in [0.2, 0.25) is 0 Å². The van der Waals surface area contributed by atoms with Gasteiger partial charge in [0.05, 0.1) is 12.6 Å². The Bertz CT molecular complexity index is 1310. The van der Waals surface area contributed by atoms with Crippen LogP contribution in [0.4, 0.5) is 0 Å². The average molecular weight is 548 g/mol.